The Labute approximate surface area is 173 Å². The normalized spacial score (nSPS) is 21.4. The van der Waals surface area contributed by atoms with Crippen molar-refractivity contribution in [3.63, 3.8) is 0 Å². The van der Waals surface area contributed by atoms with Crippen molar-refractivity contribution in [2.75, 3.05) is 6.54 Å². The molecule has 1 amide bonds. The van der Waals surface area contributed by atoms with Crippen molar-refractivity contribution in [1.29, 1.82) is 0 Å². The van der Waals surface area contributed by atoms with Crippen molar-refractivity contribution < 1.29 is 9.90 Å². The molecule has 154 valence electrons. The molecule has 1 aliphatic heterocycles. The summed E-state index contributed by atoms with van der Waals surface area (Å²) < 4.78 is 0. The van der Waals surface area contributed by atoms with Gasteiger partial charge in [-0.15, -0.1) is 0 Å². The summed E-state index contributed by atoms with van der Waals surface area (Å²) in [4.78, 5) is 18.2. The lowest BCUT2D eigenvalue weighted by Crippen LogP contribution is -2.49. The summed E-state index contributed by atoms with van der Waals surface area (Å²) in [6, 6.07) is 10.6. The zero-order valence-electron chi connectivity index (χ0n) is 17.6. The molecule has 2 aliphatic rings. The first-order valence-electron chi connectivity index (χ1n) is 10.6. The molecule has 2 atom stereocenters. The van der Waals surface area contributed by atoms with E-state index >= 15 is 0 Å². The van der Waals surface area contributed by atoms with Crippen molar-refractivity contribution in [3.05, 3.63) is 64.5 Å². The van der Waals surface area contributed by atoms with Gasteiger partial charge in [-0.3, -0.25) is 9.88 Å². The zero-order chi connectivity index (χ0) is 20.6. The second kappa shape index (κ2) is 7.79. The highest BCUT2D eigenvalue weighted by molar-refractivity contribution is 5.66. The zero-order valence-corrected chi connectivity index (χ0v) is 17.6. The lowest BCUT2D eigenvalue weighted by atomic mass is 9.78. The van der Waals surface area contributed by atoms with E-state index < -0.39 is 6.09 Å². The number of fused-ring (bicyclic) bond motifs is 2. The standard InChI is InChI=1S/C24H31N3O2/c1-24(2,3)20-10-4-8-17-15-27(23(28)29)18(13-19(17)20)14-26-21-11-5-7-16-9-6-12-25-22(16)21/h4,6,8-10,12,18,21,26H,5,7,11,13-15H2,1-3H3,(H,28,29). The van der Waals surface area contributed by atoms with Crippen molar-refractivity contribution in [2.24, 2.45) is 0 Å². The second-order valence-electron chi connectivity index (χ2n) is 9.36. The van der Waals surface area contributed by atoms with Gasteiger partial charge in [0.15, 0.2) is 0 Å². The van der Waals surface area contributed by atoms with Crippen LogP contribution >= 0.6 is 0 Å². The minimum absolute atomic E-state index is 0.0426. The fourth-order valence-corrected chi connectivity index (χ4v) is 4.88. The third-order valence-corrected chi connectivity index (χ3v) is 6.34. The minimum Gasteiger partial charge on any atom is -0.465 e. The molecular weight excluding hydrogens is 362 g/mol. The molecule has 0 saturated carbocycles. The summed E-state index contributed by atoms with van der Waals surface area (Å²) >= 11 is 0. The third kappa shape index (κ3) is 4.01. The van der Waals surface area contributed by atoms with Crippen LogP contribution in [0.3, 0.4) is 0 Å². The van der Waals surface area contributed by atoms with Crippen molar-refractivity contribution in [1.82, 2.24) is 15.2 Å². The number of benzene rings is 1. The van der Waals surface area contributed by atoms with E-state index in [1.54, 1.807) is 4.90 Å². The minimum atomic E-state index is -0.842. The molecule has 0 fully saturated rings. The topological polar surface area (TPSA) is 65.5 Å². The Bertz CT molecular complexity index is 903. The molecule has 0 spiro atoms. The molecule has 0 saturated heterocycles. The molecular formula is C24H31N3O2. The van der Waals surface area contributed by atoms with Crippen molar-refractivity contribution >= 4 is 6.09 Å². The van der Waals surface area contributed by atoms with Gasteiger partial charge in [-0.1, -0.05) is 45.0 Å². The summed E-state index contributed by atoms with van der Waals surface area (Å²) in [5.41, 5.74) is 6.28. The van der Waals surface area contributed by atoms with Crippen LogP contribution in [-0.4, -0.2) is 33.7 Å². The van der Waals surface area contributed by atoms with Crippen LogP contribution in [-0.2, 0) is 24.8 Å². The molecule has 0 radical (unpaired) electrons. The Morgan fingerprint density at radius 3 is 2.79 bits per heavy atom. The number of hydrogen-bond acceptors (Lipinski definition) is 3. The Hall–Kier alpha value is -2.40. The van der Waals surface area contributed by atoms with Gasteiger partial charge in [0, 0.05) is 25.3 Å². The maximum atomic E-state index is 12.0. The third-order valence-electron chi connectivity index (χ3n) is 6.34. The monoisotopic (exact) mass is 393 g/mol. The number of hydrogen-bond donors (Lipinski definition) is 2. The molecule has 5 nitrogen and oxygen atoms in total. The predicted octanol–water partition coefficient (Wildman–Crippen LogP) is 4.45. The number of nitrogens with zero attached hydrogens (tertiary/aromatic N) is 2. The van der Waals surface area contributed by atoms with Crippen LogP contribution in [0.5, 0.6) is 0 Å². The van der Waals surface area contributed by atoms with Gasteiger partial charge in [-0.05, 0) is 59.4 Å². The first-order chi connectivity index (χ1) is 13.8. The summed E-state index contributed by atoms with van der Waals surface area (Å²) in [5, 5.41) is 13.5. The van der Waals surface area contributed by atoms with Crippen molar-refractivity contribution in [3.8, 4) is 0 Å². The van der Waals surface area contributed by atoms with E-state index in [0.29, 0.717) is 13.1 Å². The highest BCUT2D eigenvalue weighted by Gasteiger charge is 2.33. The summed E-state index contributed by atoms with van der Waals surface area (Å²) in [6.07, 6.45) is 5.03. The van der Waals surface area contributed by atoms with Crippen molar-refractivity contribution in [2.45, 2.75) is 70.5 Å². The molecule has 1 aromatic carbocycles. The lowest BCUT2D eigenvalue weighted by Gasteiger charge is -2.38. The number of amides is 1. The fraction of sp³-hybridized carbons (Fsp3) is 0.500. The number of carboxylic acid groups (broad SMARTS) is 1. The van der Waals surface area contributed by atoms with E-state index in [-0.39, 0.29) is 17.5 Å². The molecule has 1 aliphatic carbocycles. The predicted molar refractivity (Wildman–Crippen MR) is 114 cm³/mol. The number of rotatable bonds is 3. The average Bonchev–Trinajstić information content (AvgIpc) is 2.70. The van der Waals surface area contributed by atoms with Crippen LogP contribution in [0.2, 0.25) is 0 Å². The van der Waals surface area contributed by atoms with E-state index in [1.807, 2.05) is 12.3 Å². The first-order valence-corrected chi connectivity index (χ1v) is 10.6. The van der Waals surface area contributed by atoms with Gasteiger partial charge < -0.3 is 10.4 Å². The molecule has 2 heterocycles. The number of nitrogens with one attached hydrogen (secondary N) is 1. The Kier molecular flexibility index (Phi) is 5.34. The van der Waals surface area contributed by atoms with Gasteiger partial charge in [0.2, 0.25) is 0 Å². The largest absolute Gasteiger partial charge is 0.465 e. The van der Waals surface area contributed by atoms with Gasteiger partial charge in [0.05, 0.1) is 11.7 Å². The van der Waals surface area contributed by atoms with E-state index in [4.69, 9.17) is 0 Å². The lowest BCUT2D eigenvalue weighted by molar-refractivity contribution is 0.112. The molecule has 2 unspecified atom stereocenters. The summed E-state index contributed by atoms with van der Waals surface area (Å²) in [5.74, 6) is 0. The average molecular weight is 394 g/mol. The van der Waals surface area contributed by atoms with Crippen LogP contribution in [0, 0.1) is 0 Å². The van der Waals surface area contributed by atoms with Gasteiger partial charge >= 0.3 is 6.09 Å². The van der Waals surface area contributed by atoms with E-state index in [1.165, 1.54) is 16.7 Å². The van der Waals surface area contributed by atoms with Gasteiger partial charge in [0.25, 0.3) is 0 Å². The number of pyridine rings is 1. The number of carbonyl (C=O) groups is 1. The quantitative estimate of drug-likeness (QED) is 0.808. The van der Waals surface area contributed by atoms with Crippen LogP contribution in [0.25, 0.3) is 0 Å². The molecule has 4 rings (SSSR count). The molecule has 2 aromatic rings. The highest BCUT2D eigenvalue weighted by Crippen LogP contribution is 2.34. The summed E-state index contributed by atoms with van der Waals surface area (Å²) in [6.45, 7) is 7.78. The number of aromatic nitrogens is 1. The first kappa shape index (κ1) is 19.9. The second-order valence-corrected chi connectivity index (χ2v) is 9.36. The van der Waals surface area contributed by atoms with Gasteiger partial charge in [-0.25, -0.2) is 4.79 Å². The maximum Gasteiger partial charge on any atom is 0.407 e. The van der Waals surface area contributed by atoms with Gasteiger partial charge in [0.1, 0.15) is 0 Å². The maximum absolute atomic E-state index is 12.0. The Morgan fingerprint density at radius 1 is 1.24 bits per heavy atom. The van der Waals surface area contributed by atoms with Crippen LogP contribution in [0.1, 0.15) is 67.6 Å². The fourth-order valence-electron chi connectivity index (χ4n) is 4.88. The Balaban J connectivity index is 1.57. The highest BCUT2D eigenvalue weighted by atomic mass is 16.4. The SMILES string of the molecule is CC(C)(C)c1cccc2c1CC(CNC1CCCc3cccnc31)N(C(=O)O)C2. The molecule has 29 heavy (non-hydrogen) atoms. The number of aryl methyl sites for hydroxylation is 1. The van der Waals surface area contributed by atoms with E-state index in [0.717, 1.165) is 36.9 Å². The molecule has 1 aromatic heterocycles. The molecule has 2 N–H and O–H groups in total. The van der Waals surface area contributed by atoms with E-state index in [9.17, 15) is 9.90 Å². The van der Waals surface area contributed by atoms with Crippen LogP contribution in [0.4, 0.5) is 4.79 Å². The van der Waals surface area contributed by atoms with Crippen LogP contribution < -0.4 is 5.32 Å². The van der Waals surface area contributed by atoms with Gasteiger partial charge in [-0.2, -0.15) is 0 Å². The Morgan fingerprint density at radius 2 is 2.03 bits per heavy atom. The molecule has 5 heteroatoms. The summed E-state index contributed by atoms with van der Waals surface area (Å²) in [7, 11) is 0. The van der Waals surface area contributed by atoms with E-state index in [2.05, 4.69) is 55.3 Å². The smallest absolute Gasteiger partial charge is 0.407 e. The molecule has 0 bridgehead atoms. The van der Waals surface area contributed by atoms with Crippen LogP contribution in [0.15, 0.2) is 36.5 Å².